The number of carbonyl (C=O) groups is 2. The van der Waals surface area contributed by atoms with E-state index in [-0.39, 0.29) is 23.6 Å². The molecule has 6 nitrogen and oxygen atoms in total. The van der Waals surface area contributed by atoms with Crippen LogP contribution in [-0.2, 0) is 21.7 Å². The monoisotopic (exact) mass is 492 g/mol. The second kappa shape index (κ2) is 10.0. The van der Waals surface area contributed by atoms with Crippen LogP contribution in [0.2, 0.25) is 0 Å². The summed E-state index contributed by atoms with van der Waals surface area (Å²) in [5.74, 6) is -1.10. The molecule has 1 atom stereocenters. The molecule has 0 aliphatic heterocycles. The molecular formula is C22H25BrN2O4S. The van der Waals surface area contributed by atoms with Gasteiger partial charge in [0.15, 0.2) is 10.7 Å². The Morgan fingerprint density at radius 3 is 2.20 bits per heavy atom. The Bertz CT molecular complexity index is 898. The zero-order chi connectivity index (χ0) is 22.4. The van der Waals surface area contributed by atoms with Crippen molar-refractivity contribution in [3.8, 4) is 0 Å². The molecule has 2 aromatic rings. The Hall–Kier alpha value is -2.45. The maximum absolute atomic E-state index is 12.4. The van der Waals surface area contributed by atoms with Crippen molar-refractivity contribution < 1.29 is 19.4 Å². The van der Waals surface area contributed by atoms with Crippen molar-refractivity contribution in [2.24, 2.45) is 5.41 Å². The number of amides is 1. The fourth-order valence-corrected chi connectivity index (χ4v) is 3.60. The normalized spacial score (nSPS) is 13.1. The number of carbonyl (C=O) groups excluding carboxylic acids is 1. The molecule has 0 aromatic heterocycles. The lowest BCUT2D eigenvalue weighted by molar-refractivity contribution is -0.146. The number of rotatable bonds is 6. The van der Waals surface area contributed by atoms with Gasteiger partial charge in [0.05, 0.1) is 0 Å². The minimum Gasteiger partial charge on any atom is -0.479 e. The van der Waals surface area contributed by atoms with E-state index in [1.807, 2.05) is 51.1 Å². The highest BCUT2D eigenvalue weighted by Gasteiger charge is 2.44. The Balaban J connectivity index is 2.17. The molecule has 8 heteroatoms. The summed E-state index contributed by atoms with van der Waals surface area (Å²) in [5, 5.41) is 15.3. The van der Waals surface area contributed by atoms with Crippen molar-refractivity contribution in [1.82, 2.24) is 10.6 Å². The van der Waals surface area contributed by atoms with Gasteiger partial charge in [-0.05, 0) is 47.3 Å². The van der Waals surface area contributed by atoms with Crippen LogP contribution in [0.5, 0.6) is 0 Å². The van der Waals surface area contributed by atoms with Gasteiger partial charge in [0.2, 0.25) is 0 Å². The first-order valence-electron chi connectivity index (χ1n) is 9.31. The van der Waals surface area contributed by atoms with Gasteiger partial charge in [0, 0.05) is 4.47 Å². The maximum Gasteiger partial charge on any atom is 0.413 e. The molecule has 0 spiro atoms. The van der Waals surface area contributed by atoms with Gasteiger partial charge in [0.25, 0.3) is 0 Å². The van der Waals surface area contributed by atoms with Crippen LogP contribution in [0.1, 0.15) is 38.3 Å². The lowest BCUT2D eigenvalue weighted by Gasteiger charge is -2.37. The fourth-order valence-electron chi connectivity index (χ4n) is 3.08. The standard InChI is InChI=1S/C22H25BrN2O4S/c1-21(2,3)14-22(18(26)27,16-9-11-17(23)12-10-16)25-19(30)24-20(28)29-13-15-7-5-4-6-8-15/h4-12H,13-14H2,1-3H3,(H,26,27)(H2,24,25,28,30). The van der Waals surface area contributed by atoms with Crippen LogP contribution in [0.3, 0.4) is 0 Å². The quantitative estimate of drug-likeness (QED) is 0.493. The number of nitrogens with one attached hydrogen (secondary N) is 2. The van der Waals surface area contributed by atoms with Crippen molar-refractivity contribution in [3.05, 3.63) is 70.2 Å². The van der Waals surface area contributed by atoms with Gasteiger partial charge >= 0.3 is 12.1 Å². The molecule has 160 valence electrons. The highest BCUT2D eigenvalue weighted by molar-refractivity contribution is 9.10. The van der Waals surface area contributed by atoms with E-state index in [0.29, 0.717) is 5.56 Å². The summed E-state index contributed by atoms with van der Waals surface area (Å²) in [6.07, 6.45) is -0.528. The molecule has 1 unspecified atom stereocenters. The number of thiocarbonyl (C=S) groups is 1. The first kappa shape index (κ1) is 23.8. The van der Waals surface area contributed by atoms with E-state index in [1.165, 1.54) is 0 Å². The maximum atomic E-state index is 12.4. The molecule has 0 radical (unpaired) electrons. The number of benzene rings is 2. The summed E-state index contributed by atoms with van der Waals surface area (Å²) in [6, 6.07) is 16.2. The van der Waals surface area contributed by atoms with Crippen molar-refractivity contribution >= 4 is 45.3 Å². The van der Waals surface area contributed by atoms with E-state index in [1.54, 1.807) is 24.3 Å². The third kappa shape index (κ3) is 6.81. The Kier molecular flexibility index (Phi) is 7.97. The Labute approximate surface area is 190 Å². The van der Waals surface area contributed by atoms with Crippen molar-refractivity contribution in [2.45, 2.75) is 39.3 Å². The zero-order valence-electron chi connectivity index (χ0n) is 17.1. The third-order valence-corrected chi connectivity index (χ3v) is 4.99. The van der Waals surface area contributed by atoms with Crippen LogP contribution in [0.25, 0.3) is 0 Å². The first-order valence-corrected chi connectivity index (χ1v) is 10.5. The summed E-state index contributed by atoms with van der Waals surface area (Å²) in [6.45, 7) is 5.90. The molecule has 0 heterocycles. The molecular weight excluding hydrogens is 468 g/mol. The summed E-state index contributed by atoms with van der Waals surface area (Å²) < 4.78 is 5.99. The van der Waals surface area contributed by atoms with Gasteiger partial charge in [-0.2, -0.15) is 0 Å². The minimum atomic E-state index is -1.53. The van der Waals surface area contributed by atoms with Crippen LogP contribution < -0.4 is 10.6 Å². The smallest absolute Gasteiger partial charge is 0.413 e. The van der Waals surface area contributed by atoms with Crippen LogP contribution in [-0.4, -0.2) is 22.3 Å². The third-order valence-electron chi connectivity index (χ3n) is 4.25. The van der Waals surface area contributed by atoms with Gasteiger partial charge in [0.1, 0.15) is 6.61 Å². The van der Waals surface area contributed by atoms with Crippen molar-refractivity contribution in [1.29, 1.82) is 0 Å². The van der Waals surface area contributed by atoms with E-state index in [2.05, 4.69) is 26.6 Å². The van der Waals surface area contributed by atoms with Crippen LogP contribution >= 0.6 is 28.1 Å². The predicted molar refractivity (Wildman–Crippen MR) is 123 cm³/mol. The average Bonchev–Trinajstić information content (AvgIpc) is 2.66. The van der Waals surface area contributed by atoms with Gasteiger partial charge in [-0.15, -0.1) is 0 Å². The second-order valence-electron chi connectivity index (χ2n) is 8.10. The van der Waals surface area contributed by atoms with Gasteiger partial charge in [-0.3, -0.25) is 5.32 Å². The number of alkyl carbamates (subject to hydrolysis) is 1. The molecule has 0 saturated carbocycles. The lowest BCUT2D eigenvalue weighted by Crippen LogP contribution is -2.57. The summed E-state index contributed by atoms with van der Waals surface area (Å²) in [7, 11) is 0. The van der Waals surface area contributed by atoms with Crippen LogP contribution in [0, 0.1) is 5.41 Å². The van der Waals surface area contributed by atoms with E-state index >= 15 is 0 Å². The molecule has 2 rings (SSSR count). The molecule has 2 aromatic carbocycles. The van der Waals surface area contributed by atoms with E-state index in [4.69, 9.17) is 17.0 Å². The Morgan fingerprint density at radius 1 is 1.07 bits per heavy atom. The van der Waals surface area contributed by atoms with E-state index in [0.717, 1.165) is 10.0 Å². The van der Waals surface area contributed by atoms with Crippen LogP contribution in [0.4, 0.5) is 4.79 Å². The van der Waals surface area contributed by atoms with E-state index < -0.39 is 17.6 Å². The number of hydrogen-bond donors (Lipinski definition) is 3. The molecule has 30 heavy (non-hydrogen) atoms. The number of carboxylic acid groups (broad SMARTS) is 1. The van der Waals surface area contributed by atoms with Gasteiger partial charge in [-0.25, -0.2) is 9.59 Å². The number of halogens is 1. The molecule has 3 N–H and O–H groups in total. The van der Waals surface area contributed by atoms with Crippen molar-refractivity contribution in [3.63, 3.8) is 0 Å². The highest BCUT2D eigenvalue weighted by atomic mass is 79.9. The summed E-state index contributed by atoms with van der Waals surface area (Å²) in [5.41, 5.74) is -0.520. The molecule has 0 aliphatic rings. The van der Waals surface area contributed by atoms with Crippen molar-refractivity contribution in [2.75, 3.05) is 0 Å². The number of aliphatic carboxylic acids is 1. The molecule has 0 saturated heterocycles. The fraction of sp³-hybridized carbons (Fsp3) is 0.318. The number of carboxylic acids is 1. The van der Waals surface area contributed by atoms with Crippen LogP contribution in [0.15, 0.2) is 59.1 Å². The number of ether oxygens (including phenoxy) is 1. The molecule has 1 amide bonds. The predicted octanol–water partition coefficient (Wildman–Crippen LogP) is 4.97. The lowest BCUT2D eigenvalue weighted by atomic mass is 9.75. The second-order valence-corrected chi connectivity index (χ2v) is 9.42. The Morgan fingerprint density at radius 2 is 1.67 bits per heavy atom. The van der Waals surface area contributed by atoms with E-state index in [9.17, 15) is 14.7 Å². The topological polar surface area (TPSA) is 87.7 Å². The molecule has 0 aliphatic carbocycles. The van der Waals surface area contributed by atoms with Gasteiger partial charge in [-0.1, -0.05) is 79.2 Å². The largest absolute Gasteiger partial charge is 0.479 e. The van der Waals surface area contributed by atoms with Gasteiger partial charge < -0.3 is 15.2 Å². The zero-order valence-corrected chi connectivity index (χ0v) is 19.5. The summed E-state index contributed by atoms with van der Waals surface area (Å²) in [4.78, 5) is 24.6. The molecule has 0 bridgehead atoms. The SMILES string of the molecule is CC(C)(C)CC(NC(=S)NC(=O)OCc1ccccc1)(C(=O)O)c1ccc(Br)cc1. The minimum absolute atomic E-state index is 0.0774. The average molecular weight is 493 g/mol. The highest BCUT2D eigenvalue weighted by Crippen LogP contribution is 2.36. The number of hydrogen-bond acceptors (Lipinski definition) is 4. The first-order chi connectivity index (χ1) is 14.0. The summed E-state index contributed by atoms with van der Waals surface area (Å²) >= 11 is 8.61. The molecule has 0 fully saturated rings.